The molecule has 1 rings (SSSR count). The van der Waals surface area contributed by atoms with E-state index < -0.39 is 37.8 Å². The molecule has 0 amide bonds. The standard InChI is InChI=1S/C7H5ClF3NO3S/c1-15-5-3(6(9)10)2-4(12-7(5)11)16(8,13)14/h2,6H,1H3. The van der Waals surface area contributed by atoms with E-state index in [-0.39, 0.29) is 0 Å². The molecule has 1 heterocycles. The summed E-state index contributed by atoms with van der Waals surface area (Å²) in [6.45, 7) is 0. The van der Waals surface area contributed by atoms with Gasteiger partial charge in [-0.15, -0.1) is 0 Å². The Morgan fingerprint density at radius 2 is 2.06 bits per heavy atom. The highest BCUT2D eigenvalue weighted by atomic mass is 35.7. The number of halogens is 4. The normalized spacial score (nSPS) is 11.9. The summed E-state index contributed by atoms with van der Waals surface area (Å²) in [5, 5.41) is -0.984. The van der Waals surface area contributed by atoms with Gasteiger partial charge in [0.2, 0.25) is 0 Å². The maximum absolute atomic E-state index is 13.1. The Balaban J connectivity index is 3.52. The lowest BCUT2D eigenvalue weighted by atomic mass is 10.2. The molecule has 0 aliphatic carbocycles. The smallest absolute Gasteiger partial charge is 0.278 e. The van der Waals surface area contributed by atoms with Gasteiger partial charge in [0.25, 0.3) is 21.4 Å². The van der Waals surface area contributed by atoms with Crippen LogP contribution in [-0.4, -0.2) is 20.5 Å². The summed E-state index contributed by atoms with van der Waals surface area (Å²) in [5.41, 5.74) is -0.922. The third-order valence-corrected chi connectivity index (χ3v) is 2.81. The van der Waals surface area contributed by atoms with Crippen LogP contribution in [-0.2, 0) is 9.05 Å². The largest absolute Gasteiger partial charge is 0.492 e. The molecular weight excluding hydrogens is 271 g/mol. The van der Waals surface area contributed by atoms with E-state index in [9.17, 15) is 21.6 Å². The van der Waals surface area contributed by atoms with Crippen LogP contribution in [0.1, 0.15) is 12.0 Å². The molecule has 0 fully saturated rings. The Morgan fingerprint density at radius 1 is 1.50 bits per heavy atom. The van der Waals surface area contributed by atoms with Gasteiger partial charge < -0.3 is 4.74 Å². The van der Waals surface area contributed by atoms with E-state index in [1.807, 2.05) is 0 Å². The van der Waals surface area contributed by atoms with E-state index in [0.717, 1.165) is 7.11 Å². The van der Waals surface area contributed by atoms with Crippen LogP contribution in [0, 0.1) is 5.95 Å². The highest BCUT2D eigenvalue weighted by Gasteiger charge is 2.24. The molecule has 16 heavy (non-hydrogen) atoms. The second-order valence-electron chi connectivity index (χ2n) is 2.61. The topological polar surface area (TPSA) is 56.3 Å². The molecular formula is C7H5ClF3NO3S. The molecule has 0 unspecified atom stereocenters. The molecule has 0 atom stereocenters. The first kappa shape index (κ1) is 13.0. The SMILES string of the molecule is COc1c(C(F)F)cc(S(=O)(=O)Cl)nc1F. The van der Waals surface area contributed by atoms with E-state index in [0.29, 0.717) is 6.07 Å². The van der Waals surface area contributed by atoms with Crippen LogP contribution in [0.25, 0.3) is 0 Å². The first-order valence-corrected chi connectivity index (χ1v) is 6.05. The Kier molecular flexibility index (Phi) is 3.64. The first-order valence-electron chi connectivity index (χ1n) is 3.74. The number of rotatable bonds is 3. The molecule has 4 nitrogen and oxygen atoms in total. The summed E-state index contributed by atoms with van der Waals surface area (Å²) in [6.07, 6.45) is -3.11. The molecule has 0 aliphatic heterocycles. The van der Waals surface area contributed by atoms with Crippen molar-refractivity contribution in [3.05, 3.63) is 17.6 Å². The van der Waals surface area contributed by atoms with Crippen LogP contribution < -0.4 is 4.74 Å². The summed E-state index contributed by atoms with van der Waals surface area (Å²) in [4.78, 5) is 2.91. The average Bonchev–Trinajstić information content (AvgIpc) is 2.14. The summed E-state index contributed by atoms with van der Waals surface area (Å²) in [6, 6.07) is 0.467. The maximum atomic E-state index is 13.1. The monoisotopic (exact) mass is 275 g/mol. The van der Waals surface area contributed by atoms with Crippen molar-refractivity contribution in [2.24, 2.45) is 0 Å². The van der Waals surface area contributed by atoms with Crippen molar-refractivity contribution in [3.63, 3.8) is 0 Å². The van der Waals surface area contributed by atoms with E-state index >= 15 is 0 Å². The summed E-state index contributed by atoms with van der Waals surface area (Å²) >= 11 is 0. The molecule has 0 saturated heterocycles. The number of nitrogens with zero attached hydrogens (tertiary/aromatic N) is 1. The van der Waals surface area contributed by atoms with Crippen molar-refractivity contribution in [2.75, 3.05) is 7.11 Å². The minimum atomic E-state index is -4.37. The van der Waals surface area contributed by atoms with E-state index in [1.54, 1.807) is 0 Å². The van der Waals surface area contributed by atoms with E-state index in [2.05, 4.69) is 9.72 Å². The zero-order valence-corrected chi connectivity index (χ0v) is 9.32. The predicted molar refractivity (Wildman–Crippen MR) is 48.7 cm³/mol. The van der Waals surface area contributed by atoms with Crippen LogP contribution >= 0.6 is 10.7 Å². The number of hydrogen-bond donors (Lipinski definition) is 0. The van der Waals surface area contributed by atoms with Crippen molar-refractivity contribution in [1.29, 1.82) is 0 Å². The first-order chi connectivity index (χ1) is 7.27. The highest BCUT2D eigenvalue weighted by molar-refractivity contribution is 8.13. The van der Waals surface area contributed by atoms with Gasteiger partial charge in [0.05, 0.1) is 12.7 Å². The molecule has 1 aromatic rings. The minimum absolute atomic E-state index is 0.467. The zero-order chi connectivity index (χ0) is 12.5. The Bertz CT molecular complexity index is 506. The van der Waals surface area contributed by atoms with Gasteiger partial charge in [-0.1, -0.05) is 0 Å². The zero-order valence-electron chi connectivity index (χ0n) is 7.75. The molecule has 0 aliphatic rings. The molecule has 0 bridgehead atoms. The molecule has 0 N–H and O–H groups in total. The van der Waals surface area contributed by atoms with Crippen LogP contribution in [0.4, 0.5) is 13.2 Å². The van der Waals surface area contributed by atoms with Crippen LogP contribution in [0.15, 0.2) is 11.1 Å². The lowest BCUT2D eigenvalue weighted by molar-refractivity contribution is 0.145. The fourth-order valence-electron chi connectivity index (χ4n) is 0.987. The summed E-state index contributed by atoms with van der Waals surface area (Å²) in [5.74, 6) is -2.27. The van der Waals surface area contributed by atoms with Crippen molar-refractivity contribution in [3.8, 4) is 5.75 Å². The Hall–Kier alpha value is -1.02. The molecule has 9 heteroatoms. The molecule has 0 spiro atoms. The number of pyridine rings is 1. The van der Waals surface area contributed by atoms with Gasteiger partial charge in [0, 0.05) is 10.7 Å². The predicted octanol–water partition coefficient (Wildman–Crippen LogP) is 2.09. The lowest BCUT2D eigenvalue weighted by Crippen LogP contribution is -2.04. The third kappa shape index (κ3) is 2.56. The Labute approximate surface area is 93.4 Å². The van der Waals surface area contributed by atoms with Crippen molar-refractivity contribution < 1.29 is 26.3 Å². The van der Waals surface area contributed by atoms with Gasteiger partial charge in [0.1, 0.15) is 0 Å². The highest BCUT2D eigenvalue weighted by Crippen LogP contribution is 2.32. The molecule has 1 aromatic heterocycles. The summed E-state index contributed by atoms with van der Waals surface area (Å²) in [7, 11) is 1.45. The van der Waals surface area contributed by atoms with Crippen molar-refractivity contribution in [1.82, 2.24) is 4.98 Å². The van der Waals surface area contributed by atoms with Crippen LogP contribution in [0.2, 0.25) is 0 Å². The second kappa shape index (κ2) is 4.46. The second-order valence-corrected chi connectivity index (χ2v) is 5.13. The number of hydrogen-bond acceptors (Lipinski definition) is 4. The lowest BCUT2D eigenvalue weighted by Gasteiger charge is -2.08. The Morgan fingerprint density at radius 3 is 2.44 bits per heavy atom. The molecule has 0 saturated carbocycles. The molecule has 0 radical (unpaired) electrons. The average molecular weight is 276 g/mol. The van der Waals surface area contributed by atoms with Crippen LogP contribution in [0.3, 0.4) is 0 Å². The maximum Gasteiger partial charge on any atom is 0.278 e. The van der Waals surface area contributed by atoms with Gasteiger partial charge in [-0.05, 0) is 6.07 Å². The summed E-state index contributed by atoms with van der Waals surface area (Å²) < 4.78 is 64.0. The quantitative estimate of drug-likeness (QED) is 0.626. The van der Waals surface area contributed by atoms with Gasteiger partial charge in [0.15, 0.2) is 10.8 Å². The van der Waals surface area contributed by atoms with Crippen LogP contribution in [0.5, 0.6) is 5.75 Å². The molecule has 0 aromatic carbocycles. The fourth-order valence-corrected chi connectivity index (χ4v) is 1.68. The minimum Gasteiger partial charge on any atom is -0.492 e. The number of alkyl halides is 2. The van der Waals surface area contributed by atoms with Gasteiger partial charge >= 0.3 is 0 Å². The molecule has 90 valence electrons. The fraction of sp³-hybridized carbons (Fsp3) is 0.286. The van der Waals surface area contributed by atoms with E-state index in [4.69, 9.17) is 10.7 Å². The number of ether oxygens (including phenoxy) is 1. The van der Waals surface area contributed by atoms with Crippen molar-refractivity contribution >= 4 is 19.7 Å². The van der Waals surface area contributed by atoms with E-state index in [1.165, 1.54) is 0 Å². The van der Waals surface area contributed by atoms with Crippen molar-refractivity contribution in [2.45, 2.75) is 11.5 Å². The van der Waals surface area contributed by atoms with Gasteiger partial charge in [-0.3, -0.25) is 0 Å². The number of aromatic nitrogens is 1. The van der Waals surface area contributed by atoms with Gasteiger partial charge in [-0.2, -0.15) is 4.39 Å². The van der Waals surface area contributed by atoms with Gasteiger partial charge in [-0.25, -0.2) is 22.2 Å². The number of methoxy groups -OCH3 is 1. The third-order valence-electron chi connectivity index (χ3n) is 1.63.